The van der Waals surface area contributed by atoms with Crippen LogP contribution in [-0.2, 0) is 16.2 Å². The maximum absolute atomic E-state index is 11.7. The van der Waals surface area contributed by atoms with E-state index in [1.165, 1.54) is 16.3 Å². The molecule has 44 heavy (non-hydrogen) atoms. The number of aromatic hydroxyl groups is 1. The minimum atomic E-state index is -1.67. The third kappa shape index (κ3) is 6.41. The molecule has 0 aliphatic heterocycles. The van der Waals surface area contributed by atoms with Gasteiger partial charge < -0.3 is 5.11 Å². The average molecular weight is 621 g/mol. The van der Waals surface area contributed by atoms with Crippen molar-refractivity contribution in [2.24, 2.45) is 0 Å². The van der Waals surface area contributed by atoms with Gasteiger partial charge in [-0.1, -0.05) is 111 Å². The zero-order chi connectivity index (χ0) is 32.4. The van der Waals surface area contributed by atoms with E-state index in [-0.39, 0.29) is 16.2 Å². The van der Waals surface area contributed by atoms with Gasteiger partial charge >= 0.3 is 0 Å². The summed E-state index contributed by atoms with van der Waals surface area (Å²) < 4.78 is 1.16. The summed E-state index contributed by atoms with van der Waals surface area (Å²) in [6.07, 6.45) is 1.86. The van der Waals surface area contributed by atoms with Crippen molar-refractivity contribution in [1.29, 1.82) is 0 Å². The molecule has 2 aromatic heterocycles. The molecule has 0 saturated heterocycles. The summed E-state index contributed by atoms with van der Waals surface area (Å²) in [6, 6.07) is 22.1. The Morgan fingerprint density at radius 3 is 1.89 bits per heavy atom. The first-order valence-corrected chi connectivity index (χ1v) is 20.0. The summed E-state index contributed by atoms with van der Waals surface area (Å²) in [5, 5.41) is 14.0. The van der Waals surface area contributed by atoms with Crippen LogP contribution in [0, 0.1) is 0 Å². The van der Waals surface area contributed by atoms with Gasteiger partial charge in [-0.15, -0.1) is 11.3 Å². The van der Waals surface area contributed by atoms with E-state index in [9.17, 15) is 5.11 Å². The Bertz CT molecular complexity index is 1840. The lowest BCUT2D eigenvalue weighted by Crippen LogP contribution is -2.37. The van der Waals surface area contributed by atoms with E-state index in [4.69, 9.17) is 9.97 Å². The summed E-state index contributed by atoms with van der Waals surface area (Å²) in [4.78, 5) is 10.0. The van der Waals surface area contributed by atoms with Gasteiger partial charge in [0.15, 0.2) is 0 Å². The summed E-state index contributed by atoms with van der Waals surface area (Å²) in [5.41, 5.74) is 9.31. The number of pyridine rings is 1. The van der Waals surface area contributed by atoms with Crippen molar-refractivity contribution in [3.63, 3.8) is 0 Å². The third-order valence-corrected chi connectivity index (χ3v) is 11.5. The van der Waals surface area contributed by atoms with E-state index in [0.717, 1.165) is 48.7 Å². The molecule has 0 atom stereocenters. The zero-order valence-corrected chi connectivity index (χ0v) is 30.4. The standard InChI is InChI=1S/C39H48N2OSSi/c1-37(2,3)26-18-24(17-25(19-26)32-15-13-14-16-40-32)29-22-28(44(10,11)12)23-33-34(29)41-36(43-33)30-20-27(38(4,5)6)21-31(35(30)42)39(7,8)9/h13-23,42H,1-12H3. The van der Waals surface area contributed by atoms with Crippen LogP contribution in [0.1, 0.15) is 79.0 Å². The Balaban J connectivity index is 1.84. The van der Waals surface area contributed by atoms with Crippen LogP contribution in [0.4, 0.5) is 0 Å². The van der Waals surface area contributed by atoms with E-state index in [0.29, 0.717) is 5.75 Å². The third-order valence-electron chi connectivity index (χ3n) is 8.45. The Hall–Kier alpha value is -3.28. The monoisotopic (exact) mass is 620 g/mol. The van der Waals surface area contributed by atoms with Crippen LogP contribution in [0.5, 0.6) is 5.75 Å². The molecule has 5 heteroatoms. The topological polar surface area (TPSA) is 46.0 Å². The normalized spacial score (nSPS) is 13.1. The van der Waals surface area contributed by atoms with Crippen molar-refractivity contribution in [2.45, 2.75) is 98.2 Å². The molecule has 5 rings (SSSR count). The lowest BCUT2D eigenvalue weighted by molar-refractivity contribution is 0.446. The molecular formula is C39H48N2OSSi. The molecule has 0 aliphatic carbocycles. The summed E-state index contributed by atoms with van der Waals surface area (Å²) in [7, 11) is -1.67. The molecule has 3 aromatic carbocycles. The van der Waals surface area contributed by atoms with Crippen LogP contribution >= 0.6 is 11.3 Å². The van der Waals surface area contributed by atoms with Gasteiger partial charge in [0.25, 0.3) is 0 Å². The van der Waals surface area contributed by atoms with Gasteiger partial charge in [-0.2, -0.15) is 0 Å². The summed E-state index contributed by atoms with van der Waals surface area (Å²) in [6.45, 7) is 27.2. The van der Waals surface area contributed by atoms with Crippen molar-refractivity contribution in [1.82, 2.24) is 9.97 Å². The second-order valence-electron chi connectivity index (χ2n) is 16.3. The number of aromatic nitrogens is 2. The minimum absolute atomic E-state index is 0.0369. The Kier molecular flexibility index (Phi) is 8.00. The highest BCUT2D eigenvalue weighted by atomic mass is 32.1. The molecule has 0 spiro atoms. The highest BCUT2D eigenvalue weighted by molar-refractivity contribution is 7.22. The number of phenols is 1. The van der Waals surface area contributed by atoms with E-state index in [2.05, 4.69) is 130 Å². The number of thiazole rings is 1. The fourth-order valence-electron chi connectivity index (χ4n) is 5.50. The second kappa shape index (κ2) is 11.0. The molecule has 3 nitrogen and oxygen atoms in total. The molecule has 0 aliphatic rings. The Morgan fingerprint density at radius 2 is 1.32 bits per heavy atom. The Labute approximate surface area is 269 Å². The van der Waals surface area contributed by atoms with Gasteiger partial charge in [0.05, 0.1) is 29.5 Å². The molecule has 2 heterocycles. The number of phenolic OH excluding ortho intramolecular Hbond substituents is 1. The number of nitrogens with zero attached hydrogens (tertiary/aromatic N) is 2. The minimum Gasteiger partial charge on any atom is -0.507 e. The number of fused-ring (bicyclic) bond motifs is 1. The predicted molar refractivity (Wildman–Crippen MR) is 194 cm³/mol. The maximum atomic E-state index is 11.7. The van der Waals surface area contributed by atoms with Crippen LogP contribution in [0.2, 0.25) is 19.6 Å². The number of benzene rings is 3. The quantitative estimate of drug-likeness (QED) is 0.203. The first-order chi connectivity index (χ1) is 20.2. The largest absolute Gasteiger partial charge is 0.507 e. The molecule has 5 aromatic rings. The van der Waals surface area contributed by atoms with E-state index >= 15 is 0 Å². The number of hydrogen-bond donors (Lipinski definition) is 1. The summed E-state index contributed by atoms with van der Waals surface area (Å²) in [5.74, 6) is 0.337. The van der Waals surface area contributed by atoms with Crippen molar-refractivity contribution >= 4 is 34.8 Å². The molecule has 0 radical (unpaired) electrons. The van der Waals surface area contributed by atoms with Gasteiger partial charge in [-0.3, -0.25) is 4.98 Å². The smallest absolute Gasteiger partial charge is 0.129 e. The first kappa shape index (κ1) is 32.1. The molecule has 0 saturated carbocycles. The maximum Gasteiger partial charge on any atom is 0.129 e. The first-order valence-electron chi connectivity index (χ1n) is 15.6. The highest BCUT2D eigenvalue weighted by Gasteiger charge is 2.28. The second-order valence-corrected chi connectivity index (χ2v) is 22.4. The number of hydrogen-bond acceptors (Lipinski definition) is 4. The van der Waals surface area contributed by atoms with Crippen LogP contribution in [-0.4, -0.2) is 23.1 Å². The van der Waals surface area contributed by atoms with Gasteiger partial charge in [-0.05, 0) is 69.3 Å². The average Bonchev–Trinajstić information content (AvgIpc) is 3.34. The Morgan fingerprint density at radius 1 is 0.682 bits per heavy atom. The van der Waals surface area contributed by atoms with Crippen molar-refractivity contribution < 1.29 is 5.11 Å². The van der Waals surface area contributed by atoms with Gasteiger partial charge in [0, 0.05) is 22.9 Å². The van der Waals surface area contributed by atoms with E-state index in [1.807, 2.05) is 18.3 Å². The SMILES string of the molecule is CC(C)(C)c1cc(-c2ccccn2)cc(-c2cc([Si](C)(C)C)cc3sc(-c4cc(C(C)(C)C)cc(C(C)(C)C)c4O)nc23)c1. The lowest BCUT2D eigenvalue weighted by atomic mass is 9.79. The fraction of sp³-hybridized carbons (Fsp3) is 0.385. The van der Waals surface area contributed by atoms with Crippen LogP contribution < -0.4 is 5.19 Å². The van der Waals surface area contributed by atoms with E-state index in [1.54, 1.807) is 11.3 Å². The molecule has 0 unspecified atom stereocenters. The highest BCUT2D eigenvalue weighted by Crippen LogP contribution is 2.45. The van der Waals surface area contributed by atoms with Crippen molar-refractivity contribution in [2.75, 3.05) is 0 Å². The van der Waals surface area contributed by atoms with Crippen molar-refractivity contribution in [3.8, 4) is 38.7 Å². The number of rotatable bonds is 4. The zero-order valence-electron chi connectivity index (χ0n) is 28.6. The summed E-state index contributed by atoms with van der Waals surface area (Å²) >= 11 is 1.69. The molecule has 0 bridgehead atoms. The van der Waals surface area contributed by atoms with Crippen molar-refractivity contribution in [3.05, 3.63) is 83.6 Å². The van der Waals surface area contributed by atoms with Crippen LogP contribution in [0.25, 0.3) is 43.2 Å². The van der Waals surface area contributed by atoms with E-state index < -0.39 is 8.07 Å². The van der Waals surface area contributed by atoms with Gasteiger partial charge in [-0.25, -0.2) is 4.98 Å². The van der Waals surface area contributed by atoms with Gasteiger partial charge in [0.1, 0.15) is 10.8 Å². The molecule has 0 amide bonds. The van der Waals surface area contributed by atoms with Crippen LogP contribution in [0.3, 0.4) is 0 Å². The van der Waals surface area contributed by atoms with Crippen LogP contribution in [0.15, 0.2) is 66.9 Å². The predicted octanol–water partition coefficient (Wildman–Crippen LogP) is 10.8. The fourth-order valence-corrected chi connectivity index (χ4v) is 7.81. The molecule has 1 N–H and O–H groups in total. The molecule has 230 valence electrons. The van der Waals surface area contributed by atoms with Gasteiger partial charge in [0.2, 0.25) is 0 Å². The molecular weight excluding hydrogens is 573 g/mol. The lowest BCUT2D eigenvalue weighted by Gasteiger charge is -2.27. The molecule has 0 fully saturated rings.